The summed E-state index contributed by atoms with van der Waals surface area (Å²) in [5, 5.41) is 3.55. The van der Waals surface area contributed by atoms with Gasteiger partial charge in [-0.1, -0.05) is 33.3 Å². The standard InChI is InChI=1S/C16H27N3/c1-12(2)8-17-9-14(13(3)4)7-16-10-18-11-19(16)15-5-6-15/h7,10-13,15,17H,5-6,8-9H2,1-4H3. The number of aromatic nitrogens is 2. The molecule has 0 atom stereocenters. The first kappa shape index (κ1) is 14.3. The zero-order chi connectivity index (χ0) is 13.8. The van der Waals surface area contributed by atoms with Crippen LogP contribution in [0, 0.1) is 11.8 Å². The Bertz CT molecular complexity index is 425. The lowest BCUT2D eigenvalue weighted by molar-refractivity contribution is 0.558. The zero-order valence-electron chi connectivity index (χ0n) is 12.7. The van der Waals surface area contributed by atoms with Gasteiger partial charge in [-0.15, -0.1) is 0 Å². The highest BCUT2D eigenvalue weighted by Crippen LogP contribution is 2.36. The lowest BCUT2D eigenvalue weighted by Crippen LogP contribution is -2.23. The van der Waals surface area contributed by atoms with Gasteiger partial charge in [0.1, 0.15) is 0 Å². The number of nitrogens with zero attached hydrogens (tertiary/aromatic N) is 2. The molecule has 0 aliphatic heterocycles. The molecular weight excluding hydrogens is 234 g/mol. The van der Waals surface area contributed by atoms with Crippen molar-refractivity contribution < 1.29 is 0 Å². The maximum atomic E-state index is 4.30. The largest absolute Gasteiger partial charge is 0.328 e. The molecule has 0 bridgehead atoms. The Morgan fingerprint density at radius 3 is 2.74 bits per heavy atom. The molecule has 0 spiro atoms. The molecule has 106 valence electrons. The van der Waals surface area contributed by atoms with E-state index >= 15 is 0 Å². The summed E-state index contributed by atoms with van der Waals surface area (Å²) in [5.41, 5.74) is 2.72. The van der Waals surface area contributed by atoms with Crippen molar-refractivity contribution in [2.75, 3.05) is 13.1 Å². The van der Waals surface area contributed by atoms with Gasteiger partial charge in [-0.25, -0.2) is 4.98 Å². The number of rotatable bonds is 7. The Hall–Kier alpha value is -1.09. The highest BCUT2D eigenvalue weighted by atomic mass is 15.1. The summed E-state index contributed by atoms with van der Waals surface area (Å²) < 4.78 is 2.32. The third kappa shape index (κ3) is 4.20. The number of hydrogen-bond donors (Lipinski definition) is 1. The molecule has 1 heterocycles. The van der Waals surface area contributed by atoms with Crippen LogP contribution in [0.5, 0.6) is 0 Å². The van der Waals surface area contributed by atoms with Crippen molar-refractivity contribution in [3.63, 3.8) is 0 Å². The van der Waals surface area contributed by atoms with E-state index in [2.05, 4.69) is 48.6 Å². The second-order valence-corrected chi connectivity index (χ2v) is 6.36. The maximum Gasteiger partial charge on any atom is 0.0953 e. The van der Waals surface area contributed by atoms with E-state index < -0.39 is 0 Å². The SMILES string of the molecule is CC(C)CNCC(=Cc1cncn1C1CC1)C(C)C. The first-order valence-corrected chi connectivity index (χ1v) is 7.51. The zero-order valence-corrected chi connectivity index (χ0v) is 12.7. The number of nitrogens with one attached hydrogen (secondary N) is 1. The summed E-state index contributed by atoms with van der Waals surface area (Å²) >= 11 is 0. The molecule has 19 heavy (non-hydrogen) atoms. The Morgan fingerprint density at radius 1 is 1.42 bits per heavy atom. The maximum absolute atomic E-state index is 4.30. The summed E-state index contributed by atoms with van der Waals surface area (Å²) in [5.74, 6) is 1.27. The van der Waals surface area contributed by atoms with E-state index in [1.54, 1.807) is 0 Å². The summed E-state index contributed by atoms with van der Waals surface area (Å²) in [6.07, 6.45) is 8.90. The van der Waals surface area contributed by atoms with Gasteiger partial charge < -0.3 is 9.88 Å². The van der Waals surface area contributed by atoms with Crippen molar-refractivity contribution >= 4 is 6.08 Å². The van der Waals surface area contributed by atoms with Gasteiger partial charge in [-0.3, -0.25) is 0 Å². The second kappa shape index (κ2) is 6.38. The molecule has 1 saturated carbocycles. The molecule has 0 radical (unpaired) electrons. The minimum Gasteiger partial charge on any atom is -0.328 e. The smallest absolute Gasteiger partial charge is 0.0953 e. The molecule has 1 aromatic heterocycles. The van der Waals surface area contributed by atoms with Crippen molar-refractivity contribution in [1.29, 1.82) is 0 Å². The quantitative estimate of drug-likeness (QED) is 0.814. The fourth-order valence-corrected chi connectivity index (χ4v) is 2.20. The summed E-state index contributed by atoms with van der Waals surface area (Å²) in [7, 11) is 0. The monoisotopic (exact) mass is 261 g/mol. The third-order valence-electron chi connectivity index (χ3n) is 3.59. The van der Waals surface area contributed by atoms with Gasteiger partial charge in [0.05, 0.1) is 18.2 Å². The van der Waals surface area contributed by atoms with E-state index in [4.69, 9.17) is 0 Å². The van der Waals surface area contributed by atoms with Crippen molar-refractivity contribution in [2.24, 2.45) is 11.8 Å². The van der Waals surface area contributed by atoms with E-state index in [-0.39, 0.29) is 0 Å². The van der Waals surface area contributed by atoms with Crippen molar-refractivity contribution in [3.8, 4) is 0 Å². The molecule has 0 amide bonds. The van der Waals surface area contributed by atoms with Crippen LogP contribution in [0.1, 0.15) is 52.3 Å². The van der Waals surface area contributed by atoms with E-state index in [1.165, 1.54) is 24.1 Å². The van der Waals surface area contributed by atoms with E-state index in [1.807, 2.05) is 12.5 Å². The summed E-state index contributed by atoms with van der Waals surface area (Å²) in [6, 6.07) is 0.700. The molecule has 3 heteroatoms. The Labute approximate surface area is 117 Å². The highest BCUT2D eigenvalue weighted by Gasteiger charge is 2.24. The normalized spacial score (nSPS) is 16.6. The van der Waals surface area contributed by atoms with Crippen LogP contribution in [0.4, 0.5) is 0 Å². The predicted octanol–water partition coefficient (Wildman–Crippen LogP) is 3.50. The van der Waals surface area contributed by atoms with Crippen LogP contribution in [0.25, 0.3) is 6.08 Å². The van der Waals surface area contributed by atoms with Crippen molar-refractivity contribution in [2.45, 2.75) is 46.6 Å². The van der Waals surface area contributed by atoms with Gasteiger partial charge in [-0.2, -0.15) is 0 Å². The van der Waals surface area contributed by atoms with Gasteiger partial charge in [0.15, 0.2) is 0 Å². The minimum absolute atomic E-state index is 0.571. The van der Waals surface area contributed by atoms with Gasteiger partial charge >= 0.3 is 0 Å². The van der Waals surface area contributed by atoms with Gasteiger partial charge in [0.25, 0.3) is 0 Å². The second-order valence-electron chi connectivity index (χ2n) is 6.36. The molecule has 1 aliphatic rings. The molecule has 1 aliphatic carbocycles. The Balaban J connectivity index is 2.04. The van der Waals surface area contributed by atoms with Crippen LogP contribution in [0.2, 0.25) is 0 Å². The average molecular weight is 261 g/mol. The van der Waals surface area contributed by atoms with Crippen LogP contribution in [-0.2, 0) is 0 Å². The first-order chi connectivity index (χ1) is 9.08. The third-order valence-corrected chi connectivity index (χ3v) is 3.59. The van der Waals surface area contributed by atoms with Gasteiger partial charge in [0.2, 0.25) is 0 Å². The fourth-order valence-electron chi connectivity index (χ4n) is 2.20. The minimum atomic E-state index is 0.571. The highest BCUT2D eigenvalue weighted by molar-refractivity contribution is 5.50. The van der Waals surface area contributed by atoms with Crippen molar-refractivity contribution in [1.82, 2.24) is 14.9 Å². The molecule has 0 saturated heterocycles. The molecule has 1 aromatic rings. The fraction of sp³-hybridized carbons (Fsp3) is 0.688. The first-order valence-electron chi connectivity index (χ1n) is 7.51. The van der Waals surface area contributed by atoms with Crippen molar-refractivity contribution in [3.05, 3.63) is 23.8 Å². The molecule has 0 unspecified atom stereocenters. The van der Waals surface area contributed by atoms with Gasteiger partial charge in [0, 0.05) is 12.6 Å². The van der Waals surface area contributed by atoms with E-state index in [0.29, 0.717) is 17.9 Å². The number of imidazole rings is 1. The predicted molar refractivity (Wildman–Crippen MR) is 81.0 cm³/mol. The molecule has 1 fully saturated rings. The summed E-state index contributed by atoms with van der Waals surface area (Å²) in [4.78, 5) is 4.30. The van der Waals surface area contributed by atoms with Crippen LogP contribution >= 0.6 is 0 Å². The Morgan fingerprint density at radius 2 is 2.16 bits per heavy atom. The molecular formula is C16H27N3. The van der Waals surface area contributed by atoms with Crippen LogP contribution in [0.3, 0.4) is 0 Å². The Kier molecular flexibility index (Phi) is 4.81. The van der Waals surface area contributed by atoms with Crippen LogP contribution < -0.4 is 5.32 Å². The number of hydrogen-bond acceptors (Lipinski definition) is 2. The molecule has 3 nitrogen and oxygen atoms in total. The lowest BCUT2D eigenvalue weighted by atomic mass is 10.0. The molecule has 1 N–H and O–H groups in total. The van der Waals surface area contributed by atoms with Crippen LogP contribution in [0.15, 0.2) is 18.1 Å². The molecule has 2 rings (SSSR count). The lowest BCUT2D eigenvalue weighted by Gasteiger charge is -2.14. The van der Waals surface area contributed by atoms with E-state index in [9.17, 15) is 0 Å². The molecule has 0 aromatic carbocycles. The van der Waals surface area contributed by atoms with Gasteiger partial charge in [-0.05, 0) is 37.3 Å². The van der Waals surface area contributed by atoms with Crippen LogP contribution in [-0.4, -0.2) is 22.6 Å². The van der Waals surface area contributed by atoms with E-state index in [0.717, 1.165) is 13.1 Å². The summed E-state index contributed by atoms with van der Waals surface area (Å²) in [6.45, 7) is 11.1. The topological polar surface area (TPSA) is 29.9 Å². The average Bonchev–Trinajstić information content (AvgIpc) is 3.08.